The molecule has 442 valence electrons. The van der Waals surface area contributed by atoms with Crippen molar-refractivity contribution >= 4 is 23.9 Å². The molecule has 0 bridgehead atoms. The van der Waals surface area contributed by atoms with Crippen LogP contribution in [0, 0.1) is 0 Å². The Morgan fingerprint density at radius 1 is 0.442 bits per heavy atom. The Labute approximate surface area is 468 Å². The van der Waals surface area contributed by atoms with Crippen LogP contribution in [0.1, 0.15) is 265 Å². The van der Waals surface area contributed by atoms with Gasteiger partial charge in [-0.15, -0.1) is 0 Å². The summed E-state index contributed by atoms with van der Waals surface area (Å²) in [7, 11) is 0. The molecule has 0 amide bonds. The smallest absolute Gasteiger partial charge is 0.335 e. The van der Waals surface area contributed by atoms with Gasteiger partial charge in [0.2, 0.25) is 0 Å². The molecule has 1 fully saturated rings. The maximum atomic E-state index is 13.1. The molecule has 1 saturated heterocycles. The van der Waals surface area contributed by atoms with E-state index in [1.54, 1.807) is 0 Å². The SMILES string of the molecule is CC/C=C\C/C=C\C/C=C\CCCCCCCC(=O)OCC(COC1OC(C(=O)O)C(O)C(O)C1OC(=O)CCCCCCCCCCCCCCCCCCCCC)OC(=O)CCCCC/C=C\C/C=C\C/C=C\CC. The molecule has 0 aromatic heterocycles. The lowest BCUT2D eigenvalue weighted by molar-refractivity contribution is -0.301. The molecular weight excluding hydrogens is 973 g/mol. The van der Waals surface area contributed by atoms with Crippen molar-refractivity contribution in [3.05, 3.63) is 72.9 Å². The number of carboxylic acid groups (broad SMARTS) is 1. The molecule has 0 saturated carbocycles. The van der Waals surface area contributed by atoms with Gasteiger partial charge in [0.15, 0.2) is 24.6 Å². The van der Waals surface area contributed by atoms with Crippen molar-refractivity contribution in [3.63, 3.8) is 0 Å². The van der Waals surface area contributed by atoms with Gasteiger partial charge >= 0.3 is 23.9 Å². The molecule has 1 heterocycles. The molecule has 1 aliphatic heterocycles. The zero-order valence-corrected chi connectivity index (χ0v) is 48.7. The largest absolute Gasteiger partial charge is 0.479 e. The number of hydrogen-bond acceptors (Lipinski definition) is 11. The maximum absolute atomic E-state index is 13.1. The average Bonchev–Trinajstić information content (AvgIpc) is 3.42. The van der Waals surface area contributed by atoms with Gasteiger partial charge in [-0.3, -0.25) is 14.4 Å². The van der Waals surface area contributed by atoms with Gasteiger partial charge < -0.3 is 39.0 Å². The first-order valence-corrected chi connectivity index (χ1v) is 30.9. The Balaban J connectivity index is 2.66. The molecule has 0 spiro atoms. The Morgan fingerprint density at radius 3 is 1.26 bits per heavy atom. The summed E-state index contributed by atoms with van der Waals surface area (Å²) < 4.78 is 28.4. The third kappa shape index (κ3) is 42.7. The van der Waals surface area contributed by atoms with Gasteiger partial charge in [0.05, 0.1) is 6.61 Å². The van der Waals surface area contributed by atoms with Crippen LogP contribution in [0.4, 0.5) is 0 Å². The molecule has 12 heteroatoms. The van der Waals surface area contributed by atoms with E-state index in [9.17, 15) is 34.5 Å². The van der Waals surface area contributed by atoms with Crippen LogP contribution in [0.15, 0.2) is 72.9 Å². The number of ether oxygens (including phenoxy) is 5. The van der Waals surface area contributed by atoms with E-state index in [2.05, 4.69) is 93.7 Å². The molecule has 0 radical (unpaired) electrons. The summed E-state index contributed by atoms with van der Waals surface area (Å²) in [5.74, 6) is -3.17. The minimum absolute atomic E-state index is 0.0570. The summed E-state index contributed by atoms with van der Waals surface area (Å²) in [5, 5.41) is 31.5. The minimum Gasteiger partial charge on any atom is -0.479 e. The third-order valence-corrected chi connectivity index (χ3v) is 13.8. The van der Waals surface area contributed by atoms with Gasteiger partial charge in [0.25, 0.3) is 0 Å². The summed E-state index contributed by atoms with van der Waals surface area (Å²) >= 11 is 0. The fourth-order valence-electron chi connectivity index (χ4n) is 9.10. The molecule has 0 aromatic carbocycles. The highest BCUT2D eigenvalue weighted by atomic mass is 16.7. The van der Waals surface area contributed by atoms with Crippen molar-refractivity contribution in [3.8, 4) is 0 Å². The highest BCUT2D eigenvalue weighted by Crippen LogP contribution is 2.26. The molecule has 6 unspecified atom stereocenters. The summed E-state index contributed by atoms with van der Waals surface area (Å²) in [6.45, 7) is 5.75. The summed E-state index contributed by atoms with van der Waals surface area (Å²) in [4.78, 5) is 51.2. The summed E-state index contributed by atoms with van der Waals surface area (Å²) in [6.07, 6.45) is 54.5. The second-order valence-electron chi connectivity index (χ2n) is 20.9. The Bertz CT molecular complexity index is 1620. The quantitative estimate of drug-likeness (QED) is 0.0228. The van der Waals surface area contributed by atoms with E-state index in [1.165, 1.54) is 89.9 Å². The fraction of sp³-hybridized carbons (Fsp3) is 0.754. The van der Waals surface area contributed by atoms with Gasteiger partial charge in [0.1, 0.15) is 18.8 Å². The second kappa shape index (κ2) is 52.8. The highest BCUT2D eigenvalue weighted by molar-refractivity contribution is 5.74. The van der Waals surface area contributed by atoms with Crippen LogP contribution in [0.2, 0.25) is 0 Å². The monoisotopic (exact) mass is 1080 g/mol. The van der Waals surface area contributed by atoms with E-state index in [0.29, 0.717) is 19.3 Å². The van der Waals surface area contributed by atoms with Crippen molar-refractivity contribution in [2.75, 3.05) is 13.2 Å². The molecule has 1 rings (SSSR count). The van der Waals surface area contributed by atoms with Gasteiger partial charge in [-0.25, -0.2) is 4.79 Å². The number of rotatable bonds is 52. The van der Waals surface area contributed by atoms with Crippen molar-refractivity contribution in [2.45, 2.75) is 302 Å². The van der Waals surface area contributed by atoms with Crippen LogP contribution in [0.25, 0.3) is 0 Å². The second-order valence-corrected chi connectivity index (χ2v) is 20.9. The Kier molecular flexibility index (Phi) is 48.8. The lowest BCUT2D eigenvalue weighted by Crippen LogP contribution is -2.61. The number of hydrogen-bond donors (Lipinski definition) is 3. The number of aliphatic hydroxyl groups excluding tert-OH is 2. The zero-order chi connectivity index (χ0) is 56.1. The van der Waals surface area contributed by atoms with Crippen molar-refractivity contribution in [2.24, 2.45) is 0 Å². The summed E-state index contributed by atoms with van der Waals surface area (Å²) in [5.41, 5.74) is 0. The van der Waals surface area contributed by atoms with E-state index in [1.807, 2.05) is 0 Å². The molecular formula is C65H110O12. The van der Waals surface area contributed by atoms with E-state index >= 15 is 0 Å². The first-order chi connectivity index (χ1) is 37.6. The third-order valence-electron chi connectivity index (χ3n) is 13.8. The molecule has 1 aliphatic rings. The average molecular weight is 1080 g/mol. The van der Waals surface area contributed by atoms with Crippen LogP contribution in [0.3, 0.4) is 0 Å². The molecule has 0 aliphatic carbocycles. The van der Waals surface area contributed by atoms with Crippen molar-refractivity contribution in [1.29, 1.82) is 0 Å². The van der Waals surface area contributed by atoms with Gasteiger partial charge in [-0.1, -0.05) is 235 Å². The predicted octanol–water partition coefficient (Wildman–Crippen LogP) is 16.1. The van der Waals surface area contributed by atoms with Crippen molar-refractivity contribution in [1.82, 2.24) is 0 Å². The van der Waals surface area contributed by atoms with Gasteiger partial charge in [-0.05, 0) is 83.5 Å². The van der Waals surface area contributed by atoms with Crippen LogP contribution >= 0.6 is 0 Å². The molecule has 0 aromatic rings. The first kappa shape index (κ1) is 71.2. The number of carboxylic acids is 1. The number of unbranched alkanes of at least 4 members (excludes halogenated alkanes) is 26. The summed E-state index contributed by atoms with van der Waals surface area (Å²) in [6, 6.07) is 0. The number of carbonyl (C=O) groups is 4. The van der Waals surface area contributed by atoms with Crippen LogP contribution in [0.5, 0.6) is 0 Å². The van der Waals surface area contributed by atoms with E-state index < -0.39 is 67.3 Å². The normalized spacial score (nSPS) is 18.5. The maximum Gasteiger partial charge on any atom is 0.335 e. The van der Waals surface area contributed by atoms with Gasteiger partial charge in [0, 0.05) is 19.3 Å². The number of carbonyl (C=O) groups excluding carboxylic acids is 3. The molecule has 3 N–H and O–H groups in total. The predicted molar refractivity (Wildman–Crippen MR) is 312 cm³/mol. The van der Waals surface area contributed by atoms with E-state index in [-0.39, 0.29) is 25.9 Å². The van der Waals surface area contributed by atoms with Crippen LogP contribution < -0.4 is 0 Å². The first-order valence-electron chi connectivity index (χ1n) is 30.9. The lowest BCUT2D eigenvalue weighted by atomic mass is 9.98. The van der Waals surface area contributed by atoms with E-state index in [4.69, 9.17) is 23.7 Å². The van der Waals surface area contributed by atoms with Crippen LogP contribution in [-0.2, 0) is 42.9 Å². The molecule has 6 atom stereocenters. The number of esters is 3. The van der Waals surface area contributed by atoms with Gasteiger partial charge in [-0.2, -0.15) is 0 Å². The molecule has 12 nitrogen and oxygen atoms in total. The number of aliphatic carboxylic acids is 1. The number of aliphatic hydroxyl groups is 2. The minimum atomic E-state index is -1.91. The zero-order valence-electron chi connectivity index (χ0n) is 48.7. The van der Waals surface area contributed by atoms with E-state index in [0.717, 1.165) is 116 Å². The topological polar surface area (TPSA) is 175 Å². The van der Waals surface area contributed by atoms with Crippen molar-refractivity contribution < 1.29 is 58.2 Å². The number of allylic oxidation sites excluding steroid dienone is 12. The fourth-order valence-corrected chi connectivity index (χ4v) is 9.10. The standard InChI is InChI=1S/C65H110O12/c1-4-7-10-13-16-19-22-25-27-28-29-30-32-35-38-41-44-47-50-53-59(68)76-63-61(70)60(69)62(64(71)72)77-65(63)74-55-56(75-58(67)52-49-46-43-40-37-33-24-21-18-15-12-9-6-3)54-73-57(66)51-48-45-42-39-36-34-31-26-23-20-17-14-11-8-5-2/h8-9,11-12,17-18,20-21,26,31,33,37,56,60-63,65,69-70H,4-7,10,13-16,19,22-25,27-30,32,34-36,38-55H2,1-3H3,(H,71,72)/b11-8-,12-9-,20-17-,21-18-,31-26-,37-33-. The Hall–Kier alpha value is -3.84. The highest BCUT2D eigenvalue weighted by Gasteiger charge is 2.50. The Morgan fingerprint density at radius 2 is 0.818 bits per heavy atom. The molecule has 77 heavy (non-hydrogen) atoms. The van der Waals surface area contributed by atoms with Crippen LogP contribution in [-0.4, -0.2) is 89.2 Å². The lowest BCUT2D eigenvalue weighted by Gasteiger charge is -2.40.